The molecular formula is C15H14N2O2. The summed E-state index contributed by atoms with van der Waals surface area (Å²) in [6.07, 6.45) is 3.68. The molecular weight excluding hydrogens is 240 g/mol. The molecule has 19 heavy (non-hydrogen) atoms. The Labute approximate surface area is 112 Å². The molecule has 0 aliphatic heterocycles. The number of nitrogens with zero attached hydrogens (tertiary/aromatic N) is 2. The summed E-state index contributed by atoms with van der Waals surface area (Å²) >= 11 is 0. The minimum atomic E-state index is -0.383. The average Bonchev–Trinajstić information content (AvgIpc) is 2.83. The summed E-state index contributed by atoms with van der Waals surface area (Å²) in [6, 6.07) is 8.98. The molecule has 1 fully saturated rings. The molecule has 1 saturated carbocycles. The van der Waals surface area contributed by atoms with Gasteiger partial charge in [-0.25, -0.2) is 10.1 Å². The van der Waals surface area contributed by atoms with Gasteiger partial charge in [-0.15, -0.1) is 0 Å². The van der Waals surface area contributed by atoms with Gasteiger partial charge in [0.25, 0.3) is 5.70 Å². The first-order valence-electron chi connectivity index (χ1n) is 6.17. The Kier molecular flexibility index (Phi) is 4.18. The highest BCUT2D eigenvalue weighted by Gasteiger charge is 2.26. The maximum absolute atomic E-state index is 9.68. The Balaban J connectivity index is 2.05. The lowest BCUT2D eigenvalue weighted by Gasteiger charge is -2.17. The van der Waals surface area contributed by atoms with Gasteiger partial charge in [-0.05, 0) is 43.0 Å². The fraction of sp³-hybridized carbons (Fsp3) is 0.333. The van der Waals surface area contributed by atoms with Crippen LogP contribution in [0.25, 0.3) is 10.9 Å². The van der Waals surface area contributed by atoms with Crippen LogP contribution in [0.4, 0.5) is 0 Å². The number of ether oxygens (including phenoxy) is 1. The van der Waals surface area contributed by atoms with Crippen LogP contribution in [-0.4, -0.2) is 17.3 Å². The zero-order chi connectivity index (χ0) is 13.7. The van der Waals surface area contributed by atoms with Crippen molar-refractivity contribution in [2.24, 2.45) is 0 Å². The van der Waals surface area contributed by atoms with E-state index in [4.69, 9.17) is 16.6 Å². The zero-order valence-corrected chi connectivity index (χ0v) is 10.4. The average molecular weight is 254 g/mol. The van der Waals surface area contributed by atoms with E-state index in [1.54, 1.807) is 24.3 Å². The Morgan fingerprint density at radius 1 is 1.42 bits per heavy atom. The first-order valence-corrected chi connectivity index (χ1v) is 6.17. The van der Waals surface area contributed by atoms with Gasteiger partial charge in [0.1, 0.15) is 11.9 Å². The monoisotopic (exact) mass is 254 g/mol. The largest absolute Gasteiger partial charge is 0.488 e. The van der Waals surface area contributed by atoms with Gasteiger partial charge in [0.15, 0.2) is 0 Å². The SMILES string of the molecule is [C-]#[N+]C(C#N)=Cc1ccc(O[C@H]2CCC[C@H]2O)cc1. The number of aliphatic hydroxyl groups is 1. The normalized spacial score (nSPS) is 22.6. The summed E-state index contributed by atoms with van der Waals surface area (Å²) < 4.78 is 5.70. The summed E-state index contributed by atoms with van der Waals surface area (Å²) in [6.45, 7) is 6.80. The van der Waals surface area contributed by atoms with Crippen LogP contribution in [0.3, 0.4) is 0 Å². The highest BCUT2D eigenvalue weighted by Crippen LogP contribution is 2.25. The third-order valence-electron chi connectivity index (χ3n) is 3.12. The molecule has 0 amide bonds. The molecule has 96 valence electrons. The van der Waals surface area contributed by atoms with Gasteiger partial charge in [-0.1, -0.05) is 12.1 Å². The van der Waals surface area contributed by atoms with E-state index in [9.17, 15) is 5.11 Å². The molecule has 1 aliphatic rings. The molecule has 0 bridgehead atoms. The fourth-order valence-electron chi connectivity index (χ4n) is 2.11. The van der Waals surface area contributed by atoms with Crippen molar-refractivity contribution in [1.82, 2.24) is 0 Å². The molecule has 0 spiro atoms. The van der Waals surface area contributed by atoms with Gasteiger partial charge in [0, 0.05) is 0 Å². The Hall–Kier alpha value is -2.30. The summed E-state index contributed by atoms with van der Waals surface area (Å²) in [4.78, 5) is 3.10. The predicted octanol–water partition coefficient (Wildman–Crippen LogP) is 2.76. The molecule has 2 rings (SSSR count). The fourth-order valence-corrected chi connectivity index (χ4v) is 2.11. The molecule has 0 saturated heterocycles. The molecule has 4 heteroatoms. The van der Waals surface area contributed by atoms with E-state index in [0.29, 0.717) is 5.75 Å². The van der Waals surface area contributed by atoms with Crippen LogP contribution in [0.1, 0.15) is 24.8 Å². The van der Waals surface area contributed by atoms with Crippen LogP contribution in [-0.2, 0) is 0 Å². The van der Waals surface area contributed by atoms with E-state index in [1.807, 2.05) is 6.07 Å². The highest BCUT2D eigenvalue weighted by atomic mass is 16.5. The quantitative estimate of drug-likeness (QED) is 0.666. The molecule has 1 aliphatic carbocycles. The van der Waals surface area contributed by atoms with E-state index in [0.717, 1.165) is 24.8 Å². The van der Waals surface area contributed by atoms with Crippen molar-refractivity contribution in [3.8, 4) is 11.8 Å². The third kappa shape index (κ3) is 3.34. The molecule has 0 radical (unpaired) electrons. The van der Waals surface area contributed by atoms with Crippen LogP contribution in [0.5, 0.6) is 5.75 Å². The topological polar surface area (TPSA) is 57.6 Å². The molecule has 2 atom stereocenters. The Morgan fingerprint density at radius 2 is 2.16 bits per heavy atom. The van der Waals surface area contributed by atoms with E-state index in [2.05, 4.69) is 4.85 Å². The number of allylic oxidation sites excluding steroid dienone is 1. The van der Waals surface area contributed by atoms with Crippen molar-refractivity contribution in [3.05, 3.63) is 46.9 Å². The van der Waals surface area contributed by atoms with Gasteiger partial charge in [-0.3, -0.25) is 0 Å². The van der Waals surface area contributed by atoms with Crippen molar-refractivity contribution >= 4 is 6.08 Å². The van der Waals surface area contributed by atoms with Crippen LogP contribution >= 0.6 is 0 Å². The van der Waals surface area contributed by atoms with Crippen molar-refractivity contribution in [3.63, 3.8) is 0 Å². The Morgan fingerprint density at radius 3 is 2.68 bits per heavy atom. The molecule has 0 heterocycles. The lowest BCUT2D eigenvalue weighted by molar-refractivity contribution is 0.0604. The highest BCUT2D eigenvalue weighted by molar-refractivity contribution is 5.59. The van der Waals surface area contributed by atoms with Gasteiger partial charge >= 0.3 is 0 Å². The predicted molar refractivity (Wildman–Crippen MR) is 70.9 cm³/mol. The summed E-state index contributed by atoms with van der Waals surface area (Å²) in [7, 11) is 0. The van der Waals surface area contributed by atoms with E-state index < -0.39 is 0 Å². The number of nitriles is 1. The minimum absolute atomic E-state index is 0.0554. The summed E-state index contributed by atoms with van der Waals surface area (Å²) in [5.74, 6) is 0.699. The second-order valence-electron chi connectivity index (χ2n) is 4.48. The van der Waals surface area contributed by atoms with Crippen LogP contribution in [0.15, 0.2) is 30.0 Å². The van der Waals surface area contributed by atoms with Crippen molar-refractivity contribution in [1.29, 1.82) is 5.26 Å². The first-order chi connectivity index (χ1) is 9.22. The summed E-state index contributed by atoms with van der Waals surface area (Å²) in [5, 5.41) is 18.4. The lowest BCUT2D eigenvalue weighted by Crippen LogP contribution is -2.25. The number of hydrogen-bond donors (Lipinski definition) is 1. The van der Waals surface area contributed by atoms with Crippen molar-refractivity contribution in [2.75, 3.05) is 0 Å². The number of benzene rings is 1. The molecule has 4 nitrogen and oxygen atoms in total. The van der Waals surface area contributed by atoms with Crippen molar-refractivity contribution in [2.45, 2.75) is 31.5 Å². The first kappa shape index (κ1) is 13.1. The molecule has 0 unspecified atom stereocenters. The van der Waals surface area contributed by atoms with E-state index in [-0.39, 0.29) is 17.9 Å². The van der Waals surface area contributed by atoms with Gasteiger partial charge in [0.05, 0.1) is 18.7 Å². The van der Waals surface area contributed by atoms with Crippen molar-refractivity contribution < 1.29 is 9.84 Å². The Bertz CT molecular complexity index is 533. The number of aliphatic hydroxyl groups excluding tert-OH is 1. The molecule has 1 aromatic carbocycles. The smallest absolute Gasteiger partial charge is 0.262 e. The van der Waals surface area contributed by atoms with Crippen LogP contribution in [0, 0.1) is 17.9 Å². The second kappa shape index (κ2) is 6.04. The second-order valence-corrected chi connectivity index (χ2v) is 4.48. The standard InChI is InChI=1S/C15H14N2O2/c1-17-12(10-16)9-11-5-7-13(8-6-11)19-15-4-2-3-14(15)18/h5-9,14-15,18H,2-4H2/t14-,15+/m1/s1. The maximum Gasteiger partial charge on any atom is 0.262 e. The van der Waals surface area contributed by atoms with E-state index in [1.165, 1.54) is 6.08 Å². The minimum Gasteiger partial charge on any atom is -0.488 e. The molecule has 1 N–H and O–H groups in total. The molecule has 0 aromatic heterocycles. The zero-order valence-electron chi connectivity index (χ0n) is 10.4. The summed E-state index contributed by atoms with van der Waals surface area (Å²) in [5.41, 5.74) is 0.840. The third-order valence-corrected chi connectivity index (χ3v) is 3.12. The van der Waals surface area contributed by atoms with Gasteiger partial charge in [0.2, 0.25) is 0 Å². The number of rotatable bonds is 3. The van der Waals surface area contributed by atoms with Gasteiger partial charge in [-0.2, -0.15) is 0 Å². The van der Waals surface area contributed by atoms with E-state index >= 15 is 0 Å². The lowest BCUT2D eigenvalue weighted by atomic mass is 10.2. The molecule has 1 aromatic rings. The van der Waals surface area contributed by atoms with Crippen LogP contribution < -0.4 is 4.74 Å². The number of hydrogen-bond acceptors (Lipinski definition) is 3. The van der Waals surface area contributed by atoms with Crippen LogP contribution in [0.2, 0.25) is 0 Å². The van der Waals surface area contributed by atoms with Gasteiger partial charge < -0.3 is 9.84 Å². The maximum atomic E-state index is 9.68.